The fraction of sp³-hybridized carbons (Fsp3) is 0. The Balaban J connectivity index is 1.90. The zero-order chi connectivity index (χ0) is 14.7. The van der Waals surface area contributed by atoms with Crippen LogP contribution in [0.3, 0.4) is 0 Å². The van der Waals surface area contributed by atoms with Crippen LogP contribution in [0, 0.1) is 0 Å². The van der Waals surface area contributed by atoms with Crippen LogP contribution in [-0.2, 0) is 0 Å². The van der Waals surface area contributed by atoms with E-state index in [0.29, 0.717) is 10.7 Å². The van der Waals surface area contributed by atoms with E-state index in [1.807, 2.05) is 60.0 Å². The number of hydrogen-bond donors (Lipinski definition) is 1. The molecule has 0 bridgehead atoms. The molecule has 0 saturated carbocycles. The molecule has 0 aliphatic rings. The molecular weight excluding hydrogens is 348 g/mol. The van der Waals surface area contributed by atoms with E-state index in [1.54, 1.807) is 0 Å². The number of nitrogens with one attached hydrogen (secondary N) is 1. The van der Waals surface area contributed by atoms with E-state index in [4.69, 9.17) is 0 Å². The molecule has 2 aromatic carbocycles. The molecule has 0 aliphatic carbocycles. The molecule has 3 nitrogen and oxygen atoms in total. The van der Waals surface area contributed by atoms with Crippen LogP contribution in [0.5, 0.6) is 0 Å². The average molecular weight is 359 g/mol. The summed E-state index contributed by atoms with van der Waals surface area (Å²) in [5, 5.41) is 5.56. The number of rotatable bonds is 3. The van der Waals surface area contributed by atoms with E-state index in [2.05, 4.69) is 26.2 Å². The molecule has 21 heavy (non-hydrogen) atoms. The van der Waals surface area contributed by atoms with Gasteiger partial charge in [-0.1, -0.05) is 46.3 Å². The number of benzene rings is 2. The monoisotopic (exact) mass is 358 g/mol. The van der Waals surface area contributed by atoms with Crippen molar-refractivity contribution in [3.8, 4) is 11.1 Å². The molecule has 5 heteroatoms. The Morgan fingerprint density at radius 2 is 1.71 bits per heavy atom. The summed E-state index contributed by atoms with van der Waals surface area (Å²) in [4.78, 5) is 16.3. The standard InChI is InChI=1S/C16H11BrN2OS/c17-12-8-6-11(7-9-12)14-10-21-16(19-15(14)20)18-13-4-2-1-3-5-13/h1-10H,(H,18,19,20). The Labute approximate surface area is 134 Å². The molecule has 0 spiro atoms. The molecule has 0 saturated heterocycles. The molecule has 0 unspecified atom stereocenters. The Morgan fingerprint density at radius 3 is 2.38 bits per heavy atom. The Hall–Kier alpha value is -1.98. The van der Waals surface area contributed by atoms with Gasteiger partial charge in [0.1, 0.15) is 0 Å². The second-order valence-corrected chi connectivity index (χ2v) is 6.14. The quantitative estimate of drug-likeness (QED) is 0.739. The zero-order valence-electron chi connectivity index (χ0n) is 10.9. The van der Waals surface area contributed by atoms with Crippen molar-refractivity contribution in [3.63, 3.8) is 0 Å². The molecule has 0 radical (unpaired) electrons. The van der Waals surface area contributed by atoms with Gasteiger partial charge >= 0.3 is 0 Å². The zero-order valence-corrected chi connectivity index (χ0v) is 13.3. The van der Waals surface area contributed by atoms with Gasteiger partial charge in [-0.25, -0.2) is 0 Å². The summed E-state index contributed by atoms with van der Waals surface area (Å²) in [6.45, 7) is 0. The van der Waals surface area contributed by atoms with E-state index in [1.165, 1.54) is 11.3 Å². The predicted molar refractivity (Wildman–Crippen MR) is 91.2 cm³/mol. The first-order valence-electron chi connectivity index (χ1n) is 6.30. The highest BCUT2D eigenvalue weighted by Crippen LogP contribution is 2.23. The van der Waals surface area contributed by atoms with Gasteiger partial charge in [0.2, 0.25) is 0 Å². The number of halogens is 1. The fourth-order valence-electron chi connectivity index (χ4n) is 1.87. The van der Waals surface area contributed by atoms with Crippen molar-refractivity contribution in [2.24, 2.45) is 0 Å². The summed E-state index contributed by atoms with van der Waals surface area (Å²) in [5.74, 6) is 0. The van der Waals surface area contributed by atoms with Crippen molar-refractivity contribution in [2.75, 3.05) is 5.32 Å². The number of para-hydroxylation sites is 1. The van der Waals surface area contributed by atoms with Gasteiger partial charge in [-0.15, -0.1) is 11.3 Å². The molecule has 1 N–H and O–H groups in total. The first-order valence-corrected chi connectivity index (χ1v) is 7.97. The van der Waals surface area contributed by atoms with Crippen LogP contribution in [0.2, 0.25) is 0 Å². The minimum atomic E-state index is -0.227. The van der Waals surface area contributed by atoms with E-state index < -0.39 is 0 Å². The number of aromatic nitrogens is 1. The molecule has 0 atom stereocenters. The molecular formula is C16H11BrN2OS. The Morgan fingerprint density at radius 1 is 1.00 bits per heavy atom. The van der Waals surface area contributed by atoms with Crippen LogP contribution in [0.4, 0.5) is 10.8 Å². The molecule has 3 rings (SSSR count). The third-order valence-corrected chi connectivity index (χ3v) is 4.20. The molecule has 0 aliphatic heterocycles. The second kappa shape index (κ2) is 6.20. The summed E-state index contributed by atoms with van der Waals surface area (Å²) in [7, 11) is 0. The lowest BCUT2D eigenvalue weighted by atomic mass is 10.1. The maximum atomic E-state index is 12.2. The molecule has 104 valence electrons. The Bertz CT molecular complexity index is 801. The van der Waals surface area contributed by atoms with Gasteiger partial charge in [0.05, 0.1) is 5.56 Å². The van der Waals surface area contributed by atoms with Crippen molar-refractivity contribution in [1.29, 1.82) is 0 Å². The molecule has 1 aromatic heterocycles. The fourth-order valence-corrected chi connectivity index (χ4v) is 2.91. The van der Waals surface area contributed by atoms with E-state index >= 15 is 0 Å². The summed E-state index contributed by atoms with van der Waals surface area (Å²) in [6, 6.07) is 17.3. The first-order chi connectivity index (χ1) is 10.2. The maximum absolute atomic E-state index is 12.2. The molecule has 0 fully saturated rings. The van der Waals surface area contributed by atoms with E-state index in [0.717, 1.165) is 15.7 Å². The van der Waals surface area contributed by atoms with Crippen LogP contribution >= 0.6 is 27.3 Å². The number of nitrogens with zero attached hydrogens (tertiary/aromatic N) is 1. The van der Waals surface area contributed by atoms with Gasteiger partial charge in [-0.3, -0.25) is 4.79 Å². The lowest BCUT2D eigenvalue weighted by Gasteiger charge is -2.05. The highest BCUT2D eigenvalue weighted by molar-refractivity contribution is 9.10. The summed E-state index contributed by atoms with van der Waals surface area (Å²) in [6.07, 6.45) is 0. The molecule has 3 aromatic rings. The van der Waals surface area contributed by atoms with Gasteiger partial charge in [-0.2, -0.15) is 4.98 Å². The van der Waals surface area contributed by atoms with Crippen LogP contribution in [-0.4, -0.2) is 4.98 Å². The van der Waals surface area contributed by atoms with E-state index in [-0.39, 0.29) is 5.56 Å². The largest absolute Gasteiger partial charge is 0.331 e. The number of hydrogen-bond acceptors (Lipinski definition) is 4. The minimum Gasteiger partial charge on any atom is -0.331 e. The van der Waals surface area contributed by atoms with Gasteiger partial charge in [-0.05, 0) is 29.8 Å². The third kappa shape index (κ3) is 3.37. The maximum Gasteiger partial charge on any atom is 0.281 e. The average Bonchev–Trinajstić information content (AvgIpc) is 2.50. The van der Waals surface area contributed by atoms with Crippen molar-refractivity contribution in [3.05, 3.63) is 74.8 Å². The van der Waals surface area contributed by atoms with Crippen LogP contribution in [0.15, 0.2) is 69.2 Å². The van der Waals surface area contributed by atoms with Crippen molar-refractivity contribution in [1.82, 2.24) is 4.98 Å². The summed E-state index contributed by atoms with van der Waals surface area (Å²) >= 11 is 4.80. The lowest BCUT2D eigenvalue weighted by Crippen LogP contribution is -2.09. The molecule has 0 amide bonds. The second-order valence-electron chi connectivity index (χ2n) is 4.37. The van der Waals surface area contributed by atoms with Gasteiger partial charge in [0.25, 0.3) is 5.56 Å². The SMILES string of the molecule is O=c1nc(Nc2ccccc2)scc1-c1ccc(Br)cc1. The summed E-state index contributed by atoms with van der Waals surface area (Å²) < 4.78 is 0.984. The smallest absolute Gasteiger partial charge is 0.281 e. The van der Waals surface area contributed by atoms with Gasteiger partial charge < -0.3 is 5.32 Å². The van der Waals surface area contributed by atoms with E-state index in [9.17, 15) is 4.79 Å². The van der Waals surface area contributed by atoms with Crippen LogP contribution in [0.25, 0.3) is 11.1 Å². The van der Waals surface area contributed by atoms with Gasteiger partial charge in [0, 0.05) is 15.5 Å². The highest BCUT2D eigenvalue weighted by Gasteiger charge is 2.06. The topological polar surface area (TPSA) is 42.0 Å². The van der Waals surface area contributed by atoms with Crippen molar-refractivity contribution < 1.29 is 0 Å². The first kappa shape index (κ1) is 14.0. The predicted octanol–water partition coefficient (Wildman–Crippen LogP) is 4.68. The van der Waals surface area contributed by atoms with Crippen LogP contribution < -0.4 is 10.9 Å². The summed E-state index contributed by atoms with van der Waals surface area (Å²) in [5.41, 5.74) is 2.18. The lowest BCUT2D eigenvalue weighted by molar-refractivity contribution is 1.27. The molecule has 1 heterocycles. The normalized spacial score (nSPS) is 10.3. The third-order valence-electron chi connectivity index (χ3n) is 2.90. The van der Waals surface area contributed by atoms with Gasteiger partial charge in [0.15, 0.2) is 5.13 Å². The van der Waals surface area contributed by atoms with Crippen molar-refractivity contribution in [2.45, 2.75) is 0 Å². The van der Waals surface area contributed by atoms with Crippen molar-refractivity contribution >= 4 is 38.1 Å². The van der Waals surface area contributed by atoms with Crippen LogP contribution in [0.1, 0.15) is 0 Å². The minimum absolute atomic E-state index is 0.227. The Kier molecular flexibility index (Phi) is 4.13. The number of anilines is 2. The highest BCUT2D eigenvalue weighted by atomic mass is 79.9.